The number of aromatic amines is 2. The van der Waals surface area contributed by atoms with Gasteiger partial charge in [0.05, 0.1) is 28.0 Å². The number of rotatable bonds is 3. The van der Waals surface area contributed by atoms with Gasteiger partial charge in [0.15, 0.2) is 0 Å². The van der Waals surface area contributed by atoms with Gasteiger partial charge in [-0.1, -0.05) is 88.7 Å². The van der Waals surface area contributed by atoms with Gasteiger partial charge in [-0.3, -0.25) is 0 Å². The lowest BCUT2D eigenvalue weighted by atomic mass is 10.0. The van der Waals surface area contributed by atoms with E-state index in [9.17, 15) is 0 Å². The summed E-state index contributed by atoms with van der Waals surface area (Å²) >= 11 is 3.59. The van der Waals surface area contributed by atoms with Crippen LogP contribution in [-0.4, -0.2) is 15.0 Å². The monoisotopic (exact) mass is 605 g/mol. The molecule has 0 unspecified atom stereocenters. The number of hydrogen-bond acceptors (Lipinski definition) is 2. The minimum Gasteiger partial charge on any atom is -0.456 e. The summed E-state index contributed by atoms with van der Waals surface area (Å²) in [7, 11) is 0. The van der Waals surface area contributed by atoms with Crippen LogP contribution in [0.3, 0.4) is 0 Å². The molecule has 4 nitrogen and oxygen atoms in total. The highest BCUT2D eigenvalue weighted by atomic mass is 79.9. The number of nitrogens with zero attached hydrogens (tertiary/aromatic N) is 1. The van der Waals surface area contributed by atoms with Gasteiger partial charge >= 0.3 is 0 Å². The molecule has 7 aromatic rings. The minimum atomic E-state index is 0.769. The van der Waals surface area contributed by atoms with Crippen molar-refractivity contribution >= 4 is 61.3 Å². The van der Waals surface area contributed by atoms with Crippen LogP contribution in [0.4, 0.5) is 0 Å². The Morgan fingerprint density at radius 1 is 0.452 bits per heavy atom. The molecule has 42 heavy (non-hydrogen) atoms. The predicted molar refractivity (Wildman–Crippen MR) is 177 cm³/mol. The third-order valence-electron chi connectivity index (χ3n) is 7.71. The van der Waals surface area contributed by atoms with E-state index in [4.69, 9.17) is 9.40 Å². The van der Waals surface area contributed by atoms with Crippen molar-refractivity contribution in [3.63, 3.8) is 0 Å². The third kappa shape index (κ3) is 4.26. The highest BCUT2D eigenvalue weighted by Crippen LogP contribution is 2.37. The quantitative estimate of drug-likeness (QED) is 0.210. The van der Waals surface area contributed by atoms with Crippen molar-refractivity contribution in [3.05, 3.63) is 137 Å². The second kappa shape index (κ2) is 10.1. The fourth-order valence-corrected chi connectivity index (χ4v) is 6.03. The Labute approximate surface area is 250 Å². The molecule has 0 amide bonds. The molecule has 0 fully saturated rings. The molecule has 3 aromatic carbocycles. The Hall–Kier alpha value is -5.13. The number of aromatic nitrogens is 3. The molecule has 200 valence electrons. The highest BCUT2D eigenvalue weighted by Gasteiger charge is 2.16. The minimum absolute atomic E-state index is 0.769. The van der Waals surface area contributed by atoms with Crippen LogP contribution in [-0.2, 0) is 0 Å². The van der Waals surface area contributed by atoms with Gasteiger partial charge < -0.3 is 14.4 Å². The maximum absolute atomic E-state index is 6.73. The van der Waals surface area contributed by atoms with Gasteiger partial charge in [0, 0.05) is 26.6 Å². The van der Waals surface area contributed by atoms with Crippen LogP contribution in [0.1, 0.15) is 11.4 Å². The van der Waals surface area contributed by atoms with Gasteiger partial charge in [0.1, 0.15) is 11.2 Å². The molecule has 0 saturated carbocycles. The number of fused-ring (bicyclic) bond motifs is 9. The smallest absolute Gasteiger partial charge is 0.137 e. The molecular formula is C37H24BrN3O. The summed E-state index contributed by atoms with van der Waals surface area (Å²) in [6, 6.07) is 41.8. The molecule has 1 aliphatic rings. The summed E-state index contributed by atoms with van der Waals surface area (Å²) < 4.78 is 7.76. The maximum Gasteiger partial charge on any atom is 0.137 e. The Morgan fingerprint density at radius 3 is 1.62 bits per heavy atom. The molecule has 8 bridgehead atoms. The molecule has 0 saturated heterocycles. The van der Waals surface area contributed by atoms with Crippen molar-refractivity contribution in [3.8, 4) is 33.4 Å². The number of nitrogens with one attached hydrogen (secondary N) is 2. The van der Waals surface area contributed by atoms with E-state index in [1.807, 2.05) is 24.3 Å². The molecule has 4 aromatic heterocycles. The van der Waals surface area contributed by atoms with Gasteiger partial charge in [-0.15, -0.1) is 0 Å². The third-order valence-corrected chi connectivity index (χ3v) is 8.24. The predicted octanol–water partition coefficient (Wildman–Crippen LogP) is 10.7. The van der Waals surface area contributed by atoms with Crippen LogP contribution >= 0.6 is 15.9 Å². The Bertz CT molecular complexity index is 2240. The maximum atomic E-state index is 6.73. The number of furan rings is 1. The lowest BCUT2D eigenvalue weighted by Crippen LogP contribution is -1.84. The number of benzene rings is 3. The molecule has 8 rings (SSSR count). The molecule has 2 N–H and O–H groups in total. The first-order valence-corrected chi connectivity index (χ1v) is 14.6. The van der Waals surface area contributed by atoms with Crippen molar-refractivity contribution in [1.82, 2.24) is 15.0 Å². The van der Waals surface area contributed by atoms with Crippen molar-refractivity contribution in [2.75, 3.05) is 0 Å². The van der Waals surface area contributed by atoms with Crippen LogP contribution < -0.4 is 0 Å². The number of hydrogen-bond donors (Lipinski definition) is 2. The Morgan fingerprint density at radius 2 is 0.952 bits per heavy atom. The molecule has 0 radical (unpaired) electrons. The van der Waals surface area contributed by atoms with E-state index >= 15 is 0 Å². The zero-order valence-corrected chi connectivity index (χ0v) is 24.0. The first kappa shape index (κ1) is 24.6. The molecule has 1 aliphatic heterocycles. The first-order valence-electron chi connectivity index (χ1n) is 13.8. The second-order valence-corrected chi connectivity index (χ2v) is 11.2. The molecule has 5 heteroatoms. The van der Waals surface area contributed by atoms with Crippen LogP contribution in [0.25, 0.3) is 78.8 Å². The standard InChI is InChI=1S/C37H24BrN3O/c38-26-13-11-25(12-14-26)35-29-17-15-27(39-29)28-16-18-31(40-28)36(23-7-3-1-4-8-23)33-21-22-34(42-33)37(24-9-5-2-6-10-24)32-20-19-30(35)41-32/h1-22,39,41H. The summed E-state index contributed by atoms with van der Waals surface area (Å²) in [5.74, 6) is 0. The summed E-state index contributed by atoms with van der Waals surface area (Å²) in [5.41, 5.74) is 13.5. The van der Waals surface area contributed by atoms with Gasteiger partial charge in [-0.05, 0) is 77.4 Å². The van der Waals surface area contributed by atoms with Crippen LogP contribution in [0, 0.1) is 0 Å². The van der Waals surface area contributed by atoms with Crippen LogP contribution in [0.15, 0.2) is 130 Å². The number of H-pyrrole nitrogens is 2. The topological polar surface area (TPSA) is 57.6 Å². The average molecular weight is 607 g/mol. The van der Waals surface area contributed by atoms with E-state index in [2.05, 4.69) is 135 Å². The van der Waals surface area contributed by atoms with E-state index in [0.29, 0.717) is 0 Å². The highest BCUT2D eigenvalue weighted by molar-refractivity contribution is 9.10. The molecule has 0 atom stereocenters. The van der Waals surface area contributed by atoms with E-state index < -0.39 is 0 Å². The van der Waals surface area contributed by atoms with E-state index in [1.165, 1.54) is 0 Å². The molecule has 5 heterocycles. The SMILES string of the molecule is Brc1ccc(-c2c3ccc([nH]3)c3nc(c(-c4ccccc4)c4ccc(o4)c(-c4ccccc4)c4ccc2[nH]4)C=C3)cc1. The molecular weight excluding hydrogens is 582 g/mol. The molecule has 0 aliphatic carbocycles. The van der Waals surface area contributed by atoms with Crippen LogP contribution in [0.2, 0.25) is 0 Å². The van der Waals surface area contributed by atoms with E-state index in [-0.39, 0.29) is 0 Å². The normalized spacial score (nSPS) is 11.8. The second-order valence-electron chi connectivity index (χ2n) is 10.3. The fourth-order valence-electron chi connectivity index (χ4n) is 5.76. The van der Waals surface area contributed by atoms with Gasteiger partial charge in [-0.25, -0.2) is 4.98 Å². The van der Waals surface area contributed by atoms with E-state index in [1.54, 1.807) is 0 Å². The van der Waals surface area contributed by atoms with Gasteiger partial charge in [0.2, 0.25) is 0 Å². The summed E-state index contributed by atoms with van der Waals surface area (Å²) in [4.78, 5) is 12.5. The Kier molecular flexibility index (Phi) is 5.90. The summed E-state index contributed by atoms with van der Waals surface area (Å²) in [6.45, 7) is 0. The van der Waals surface area contributed by atoms with Gasteiger partial charge in [0.25, 0.3) is 0 Å². The Balaban J connectivity index is 1.56. The molecule has 0 spiro atoms. The number of halogens is 1. The zero-order chi connectivity index (χ0) is 28.0. The first-order chi connectivity index (χ1) is 20.7. The fraction of sp³-hybridized carbons (Fsp3) is 0. The largest absolute Gasteiger partial charge is 0.456 e. The van der Waals surface area contributed by atoms with Crippen molar-refractivity contribution in [2.24, 2.45) is 0 Å². The van der Waals surface area contributed by atoms with Crippen molar-refractivity contribution < 1.29 is 4.42 Å². The summed E-state index contributed by atoms with van der Waals surface area (Å²) in [5, 5.41) is 0. The van der Waals surface area contributed by atoms with E-state index in [0.717, 1.165) is 82.5 Å². The van der Waals surface area contributed by atoms with Crippen LogP contribution in [0.5, 0.6) is 0 Å². The summed E-state index contributed by atoms with van der Waals surface area (Å²) in [6.07, 6.45) is 4.14. The lowest BCUT2D eigenvalue weighted by Gasteiger charge is -2.04. The van der Waals surface area contributed by atoms with Crippen molar-refractivity contribution in [2.45, 2.75) is 0 Å². The van der Waals surface area contributed by atoms with Crippen molar-refractivity contribution in [1.29, 1.82) is 0 Å². The zero-order valence-electron chi connectivity index (χ0n) is 22.4. The van der Waals surface area contributed by atoms with Gasteiger partial charge in [-0.2, -0.15) is 0 Å². The average Bonchev–Trinajstić information content (AvgIpc) is 3.85. The lowest BCUT2D eigenvalue weighted by molar-refractivity contribution is 0.668.